The van der Waals surface area contributed by atoms with Crippen LogP contribution in [0, 0.1) is 5.92 Å². The van der Waals surface area contributed by atoms with Gasteiger partial charge in [-0.15, -0.1) is 5.10 Å². The number of aliphatic carboxylic acids is 1. The number of aliphatic hydroxyl groups excluding tert-OH is 3. The van der Waals surface area contributed by atoms with Crippen molar-refractivity contribution in [2.24, 2.45) is 5.92 Å². The third-order valence-corrected chi connectivity index (χ3v) is 5.78. The van der Waals surface area contributed by atoms with E-state index in [0.29, 0.717) is 31.6 Å². The first kappa shape index (κ1) is 24.5. The van der Waals surface area contributed by atoms with Gasteiger partial charge in [-0.3, -0.25) is 9.59 Å². The Balaban J connectivity index is 1.37. The van der Waals surface area contributed by atoms with Crippen LogP contribution in [0.15, 0.2) is 6.20 Å². The molecule has 2 saturated heterocycles. The quantitative estimate of drug-likeness (QED) is 0.213. The maximum Gasteiger partial charge on any atom is 0.320 e. The van der Waals surface area contributed by atoms with Crippen LogP contribution in [-0.2, 0) is 32.0 Å². The lowest BCUT2D eigenvalue weighted by atomic mass is 9.92. The SMILES string of the molecule is CC1C(OCCn2cc(CCC(=O)N[C@H]3CN[C@H](C(=O)O)C3)nn2)OC(CO)C(O)C1O. The van der Waals surface area contributed by atoms with Crippen molar-refractivity contribution in [3.63, 3.8) is 0 Å². The van der Waals surface area contributed by atoms with E-state index in [4.69, 9.17) is 14.6 Å². The average molecular weight is 457 g/mol. The second kappa shape index (κ2) is 11.1. The van der Waals surface area contributed by atoms with Crippen LogP contribution >= 0.6 is 0 Å². The number of carboxylic acids is 1. The number of amides is 1. The topological polar surface area (TPSA) is 188 Å². The summed E-state index contributed by atoms with van der Waals surface area (Å²) in [6.07, 6.45) is -1.27. The second-order valence-corrected chi connectivity index (χ2v) is 8.21. The Kier molecular flexibility index (Phi) is 8.51. The van der Waals surface area contributed by atoms with E-state index in [0.717, 1.165) is 0 Å². The van der Waals surface area contributed by atoms with Crippen LogP contribution in [0.4, 0.5) is 0 Å². The second-order valence-electron chi connectivity index (χ2n) is 8.21. The predicted octanol–water partition coefficient (Wildman–Crippen LogP) is -2.77. The number of ether oxygens (including phenoxy) is 2. The molecule has 0 aliphatic carbocycles. The Morgan fingerprint density at radius 2 is 2.16 bits per heavy atom. The third-order valence-electron chi connectivity index (χ3n) is 5.78. The number of carbonyl (C=O) groups excluding carboxylic acids is 1. The van der Waals surface area contributed by atoms with Gasteiger partial charge >= 0.3 is 5.97 Å². The van der Waals surface area contributed by atoms with Gasteiger partial charge in [0.25, 0.3) is 0 Å². The molecule has 2 aliphatic heterocycles. The number of aryl methyl sites for hydroxylation is 1. The molecule has 0 bridgehead atoms. The van der Waals surface area contributed by atoms with Gasteiger partial charge < -0.3 is 40.5 Å². The van der Waals surface area contributed by atoms with Gasteiger partial charge in [0, 0.05) is 37.5 Å². The summed E-state index contributed by atoms with van der Waals surface area (Å²) in [5, 5.41) is 51.9. The number of carboxylic acid groups (broad SMARTS) is 1. The molecule has 6 N–H and O–H groups in total. The number of hydrogen-bond donors (Lipinski definition) is 6. The van der Waals surface area contributed by atoms with Crippen molar-refractivity contribution in [1.82, 2.24) is 25.6 Å². The van der Waals surface area contributed by atoms with Crippen LogP contribution < -0.4 is 10.6 Å². The normalized spacial score (nSPS) is 32.7. The molecule has 1 aromatic heterocycles. The molecular weight excluding hydrogens is 426 g/mol. The summed E-state index contributed by atoms with van der Waals surface area (Å²) < 4.78 is 12.7. The third kappa shape index (κ3) is 6.21. The Labute approximate surface area is 184 Å². The maximum absolute atomic E-state index is 12.1. The summed E-state index contributed by atoms with van der Waals surface area (Å²) in [6.45, 7) is 2.25. The molecule has 13 nitrogen and oxygen atoms in total. The van der Waals surface area contributed by atoms with E-state index in [9.17, 15) is 24.9 Å². The van der Waals surface area contributed by atoms with Crippen LogP contribution in [0.1, 0.15) is 25.5 Å². The van der Waals surface area contributed by atoms with E-state index in [-0.39, 0.29) is 25.0 Å². The van der Waals surface area contributed by atoms with Crippen molar-refractivity contribution in [3.05, 3.63) is 11.9 Å². The minimum Gasteiger partial charge on any atom is -0.480 e. The van der Waals surface area contributed by atoms with Gasteiger partial charge in [0.05, 0.1) is 31.6 Å². The van der Waals surface area contributed by atoms with Gasteiger partial charge in [-0.2, -0.15) is 0 Å². The highest BCUT2D eigenvalue weighted by Gasteiger charge is 2.42. The number of hydrogen-bond acceptors (Lipinski definition) is 10. The molecule has 2 fully saturated rings. The number of aliphatic hydroxyl groups is 3. The van der Waals surface area contributed by atoms with Crippen molar-refractivity contribution < 1.29 is 39.5 Å². The van der Waals surface area contributed by atoms with Crippen LogP contribution in [0.3, 0.4) is 0 Å². The molecule has 3 heterocycles. The van der Waals surface area contributed by atoms with Crippen molar-refractivity contribution >= 4 is 11.9 Å². The molecule has 13 heteroatoms. The summed E-state index contributed by atoms with van der Waals surface area (Å²) in [7, 11) is 0. The Morgan fingerprint density at radius 1 is 1.38 bits per heavy atom. The molecule has 5 unspecified atom stereocenters. The number of aromatic nitrogens is 3. The Bertz CT molecular complexity index is 775. The average Bonchev–Trinajstić information content (AvgIpc) is 3.42. The highest BCUT2D eigenvalue weighted by molar-refractivity contribution is 5.77. The predicted molar refractivity (Wildman–Crippen MR) is 107 cm³/mol. The molecule has 0 saturated carbocycles. The van der Waals surface area contributed by atoms with E-state index < -0.39 is 49.1 Å². The van der Waals surface area contributed by atoms with E-state index >= 15 is 0 Å². The lowest BCUT2D eigenvalue weighted by Gasteiger charge is -2.40. The van der Waals surface area contributed by atoms with E-state index in [2.05, 4.69) is 20.9 Å². The fourth-order valence-corrected chi connectivity index (χ4v) is 3.81. The minimum atomic E-state index is -1.17. The van der Waals surface area contributed by atoms with E-state index in [1.54, 1.807) is 17.8 Å². The number of carbonyl (C=O) groups is 2. The fourth-order valence-electron chi connectivity index (χ4n) is 3.81. The first-order valence-corrected chi connectivity index (χ1v) is 10.7. The maximum atomic E-state index is 12.1. The molecule has 0 radical (unpaired) electrons. The molecule has 7 atom stereocenters. The zero-order valence-electron chi connectivity index (χ0n) is 17.8. The summed E-state index contributed by atoms with van der Waals surface area (Å²) in [4.78, 5) is 23.0. The summed E-state index contributed by atoms with van der Waals surface area (Å²) in [6, 6.07) is -0.835. The van der Waals surface area contributed by atoms with Crippen LogP contribution in [0.5, 0.6) is 0 Å². The Hall–Kier alpha value is -2.16. The number of nitrogens with one attached hydrogen (secondary N) is 2. The molecular formula is C19H31N5O8. The Morgan fingerprint density at radius 3 is 2.84 bits per heavy atom. The van der Waals surface area contributed by atoms with Gasteiger partial charge in [0.1, 0.15) is 18.2 Å². The molecule has 1 amide bonds. The van der Waals surface area contributed by atoms with Gasteiger partial charge in [0.15, 0.2) is 6.29 Å². The first-order chi connectivity index (χ1) is 15.3. The van der Waals surface area contributed by atoms with Gasteiger partial charge in [0.2, 0.25) is 5.91 Å². The summed E-state index contributed by atoms with van der Waals surface area (Å²) in [5.41, 5.74) is 0.634. The van der Waals surface area contributed by atoms with Gasteiger partial charge in [-0.25, -0.2) is 4.68 Å². The lowest BCUT2D eigenvalue weighted by Crippen LogP contribution is -2.55. The summed E-state index contributed by atoms with van der Waals surface area (Å²) in [5.74, 6) is -1.57. The van der Waals surface area contributed by atoms with Crippen LogP contribution in [-0.4, -0.2) is 104 Å². The molecule has 180 valence electrons. The lowest BCUT2D eigenvalue weighted by molar-refractivity contribution is -0.282. The molecule has 1 aromatic rings. The largest absolute Gasteiger partial charge is 0.480 e. The molecule has 2 aliphatic rings. The van der Waals surface area contributed by atoms with E-state index in [1.165, 1.54) is 0 Å². The molecule has 0 spiro atoms. The van der Waals surface area contributed by atoms with Gasteiger partial charge in [-0.1, -0.05) is 12.1 Å². The van der Waals surface area contributed by atoms with Crippen molar-refractivity contribution in [3.8, 4) is 0 Å². The molecule has 32 heavy (non-hydrogen) atoms. The monoisotopic (exact) mass is 457 g/mol. The van der Waals surface area contributed by atoms with Crippen LogP contribution in [0.2, 0.25) is 0 Å². The number of nitrogens with zero attached hydrogens (tertiary/aromatic N) is 3. The van der Waals surface area contributed by atoms with Crippen LogP contribution in [0.25, 0.3) is 0 Å². The van der Waals surface area contributed by atoms with Crippen molar-refractivity contribution in [2.45, 2.75) is 69.4 Å². The standard InChI is InChI=1S/C19H31N5O8/c1-10-16(27)17(28)14(9-25)32-19(10)31-5-4-24-8-11(22-23-24)2-3-15(26)21-12-6-13(18(29)30)20-7-12/h8,10,12-14,16-17,19-20,25,27-28H,2-7,9H2,1H3,(H,21,26)(H,29,30)/t10?,12-,13+,14?,16?,17?,19?/m1/s1. The first-order valence-electron chi connectivity index (χ1n) is 10.7. The summed E-state index contributed by atoms with van der Waals surface area (Å²) >= 11 is 0. The zero-order chi connectivity index (χ0) is 23.3. The van der Waals surface area contributed by atoms with Gasteiger partial charge in [-0.05, 0) is 6.42 Å². The van der Waals surface area contributed by atoms with Crippen molar-refractivity contribution in [1.29, 1.82) is 0 Å². The molecule has 0 aromatic carbocycles. The molecule has 3 rings (SSSR count). The smallest absolute Gasteiger partial charge is 0.320 e. The number of rotatable bonds is 10. The fraction of sp³-hybridized carbons (Fsp3) is 0.789. The van der Waals surface area contributed by atoms with Crippen molar-refractivity contribution in [2.75, 3.05) is 19.8 Å². The highest BCUT2D eigenvalue weighted by Crippen LogP contribution is 2.26. The highest BCUT2D eigenvalue weighted by atomic mass is 16.7. The van der Waals surface area contributed by atoms with E-state index in [1.807, 2.05) is 0 Å². The minimum absolute atomic E-state index is 0.177. The zero-order valence-corrected chi connectivity index (χ0v) is 17.8.